The Kier molecular flexibility index (Phi) is 3.50. The number of halogens is 1. The summed E-state index contributed by atoms with van der Waals surface area (Å²) in [6.07, 6.45) is 1.21. The molecule has 0 radical (unpaired) electrons. The van der Waals surface area contributed by atoms with E-state index in [1.165, 1.54) is 12.5 Å². The van der Waals surface area contributed by atoms with Gasteiger partial charge in [0.25, 0.3) is 5.69 Å². The first-order valence-corrected chi connectivity index (χ1v) is 7.18. The largest absolute Gasteiger partial charge is 0.441 e. The summed E-state index contributed by atoms with van der Waals surface area (Å²) in [6.45, 7) is 1.99. The summed E-state index contributed by atoms with van der Waals surface area (Å²) in [5.41, 5.74) is 3.20. The molecule has 1 aromatic heterocycles. The Bertz CT molecular complexity index is 845. The summed E-state index contributed by atoms with van der Waals surface area (Å²) in [7, 11) is 0. The Morgan fingerprint density at radius 2 is 2.05 bits per heavy atom. The van der Waals surface area contributed by atoms with Crippen molar-refractivity contribution in [3.05, 3.63) is 56.0 Å². The van der Waals surface area contributed by atoms with E-state index in [1.807, 2.05) is 25.1 Å². The lowest BCUT2D eigenvalue weighted by molar-refractivity contribution is -0.383. The average molecular weight is 395 g/mol. The van der Waals surface area contributed by atoms with E-state index in [2.05, 4.69) is 32.9 Å². The molecular weight excluding hydrogens is 385 g/mol. The van der Waals surface area contributed by atoms with Gasteiger partial charge in [0.15, 0.2) is 17.5 Å². The van der Waals surface area contributed by atoms with Crippen LogP contribution in [0.25, 0.3) is 11.1 Å². The second-order valence-corrected chi connectivity index (χ2v) is 5.75. The van der Waals surface area contributed by atoms with Gasteiger partial charge in [-0.3, -0.25) is 10.1 Å². The van der Waals surface area contributed by atoms with E-state index in [1.54, 1.807) is 6.07 Å². The van der Waals surface area contributed by atoms with Gasteiger partial charge in [-0.05, 0) is 59.3 Å². The van der Waals surface area contributed by atoms with Crippen LogP contribution in [0.2, 0.25) is 0 Å². The zero-order valence-electron chi connectivity index (χ0n) is 11.0. The number of aryl methyl sites for hydroxylation is 1. The summed E-state index contributed by atoms with van der Waals surface area (Å²) >= 11 is 2.25. The van der Waals surface area contributed by atoms with Crippen LogP contribution in [-0.4, -0.2) is 9.91 Å². The monoisotopic (exact) mass is 395 g/mol. The number of hydrogen-bond donors (Lipinski definition) is 1. The van der Waals surface area contributed by atoms with Gasteiger partial charge in [0.1, 0.15) is 0 Å². The zero-order chi connectivity index (χ0) is 15.0. The van der Waals surface area contributed by atoms with Gasteiger partial charge >= 0.3 is 0 Å². The van der Waals surface area contributed by atoms with Crippen LogP contribution in [-0.2, 0) is 0 Å². The van der Waals surface area contributed by atoms with E-state index in [0.29, 0.717) is 11.3 Å². The molecule has 0 spiro atoms. The van der Waals surface area contributed by atoms with Crippen LogP contribution in [0.15, 0.2) is 41.1 Å². The smallest absolute Gasteiger partial charge is 0.298 e. The van der Waals surface area contributed by atoms with Gasteiger partial charge in [-0.15, -0.1) is 0 Å². The first-order valence-electron chi connectivity index (χ1n) is 6.10. The topological polar surface area (TPSA) is 81.2 Å². The molecule has 0 bridgehead atoms. The van der Waals surface area contributed by atoms with Crippen molar-refractivity contribution in [1.29, 1.82) is 0 Å². The Labute approximate surface area is 133 Å². The number of nitrogens with zero attached hydrogens (tertiary/aromatic N) is 2. The van der Waals surface area contributed by atoms with Crippen LogP contribution in [0.1, 0.15) is 5.56 Å². The lowest BCUT2D eigenvalue weighted by Crippen LogP contribution is -1.96. The van der Waals surface area contributed by atoms with Gasteiger partial charge in [-0.1, -0.05) is 0 Å². The summed E-state index contributed by atoms with van der Waals surface area (Å²) in [4.78, 5) is 14.4. The molecule has 6 nitrogen and oxygen atoms in total. The zero-order valence-corrected chi connectivity index (χ0v) is 13.1. The second-order valence-electron chi connectivity index (χ2n) is 4.50. The molecule has 0 aliphatic heterocycles. The molecule has 7 heteroatoms. The number of aromatic nitrogens is 1. The summed E-state index contributed by atoms with van der Waals surface area (Å²) in [5.74, 6) is 0. The van der Waals surface area contributed by atoms with Crippen molar-refractivity contribution in [1.82, 2.24) is 4.98 Å². The molecular formula is C14H10IN3O3. The molecule has 3 aromatic rings. The van der Waals surface area contributed by atoms with E-state index in [0.717, 1.165) is 14.8 Å². The van der Waals surface area contributed by atoms with Crippen molar-refractivity contribution in [3.8, 4) is 0 Å². The minimum absolute atomic E-state index is 0.0661. The van der Waals surface area contributed by atoms with Crippen LogP contribution < -0.4 is 5.32 Å². The number of oxazole rings is 1. The fraction of sp³-hybridized carbons (Fsp3) is 0.0714. The van der Waals surface area contributed by atoms with E-state index >= 15 is 0 Å². The highest BCUT2D eigenvalue weighted by Gasteiger charge is 2.18. The van der Waals surface area contributed by atoms with E-state index < -0.39 is 4.92 Å². The maximum Gasteiger partial charge on any atom is 0.298 e. The van der Waals surface area contributed by atoms with Crippen molar-refractivity contribution in [2.45, 2.75) is 6.92 Å². The van der Waals surface area contributed by atoms with Gasteiger partial charge in [-0.2, -0.15) is 0 Å². The van der Waals surface area contributed by atoms with E-state index in [4.69, 9.17) is 4.42 Å². The number of nitrogens with one attached hydrogen (secondary N) is 1. The van der Waals surface area contributed by atoms with Gasteiger partial charge in [-0.25, -0.2) is 4.98 Å². The molecule has 1 N–H and O–H groups in total. The SMILES string of the molecule is Cc1cc(I)ccc1Nc1ccc([N+](=O)[O-])c2ncoc12. The number of non-ortho nitro benzene ring substituents is 1. The number of anilines is 2. The Morgan fingerprint density at radius 3 is 2.76 bits per heavy atom. The lowest BCUT2D eigenvalue weighted by atomic mass is 10.2. The number of hydrogen-bond acceptors (Lipinski definition) is 5. The summed E-state index contributed by atoms with van der Waals surface area (Å²) < 4.78 is 6.44. The fourth-order valence-corrected chi connectivity index (χ4v) is 2.74. The molecule has 0 atom stereocenters. The fourth-order valence-electron chi connectivity index (χ4n) is 2.09. The highest BCUT2D eigenvalue weighted by Crippen LogP contribution is 2.33. The van der Waals surface area contributed by atoms with E-state index in [9.17, 15) is 10.1 Å². The molecule has 2 aromatic carbocycles. The normalized spacial score (nSPS) is 10.8. The molecule has 0 aliphatic carbocycles. The van der Waals surface area contributed by atoms with Crippen LogP contribution in [0.5, 0.6) is 0 Å². The molecule has 21 heavy (non-hydrogen) atoms. The number of fused-ring (bicyclic) bond motifs is 1. The van der Waals surface area contributed by atoms with Gasteiger partial charge in [0.2, 0.25) is 0 Å². The Morgan fingerprint density at radius 1 is 1.29 bits per heavy atom. The third-order valence-electron chi connectivity index (χ3n) is 3.12. The van der Waals surface area contributed by atoms with Crippen LogP contribution >= 0.6 is 22.6 Å². The molecule has 0 saturated heterocycles. The predicted octanol–water partition coefficient (Wildman–Crippen LogP) is 4.39. The third kappa shape index (κ3) is 2.56. The number of nitro groups is 1. The number of nitro benzene ring substituents is 1. The first kappa shape index (κ1) is 13.8. The Balaban J connectivity index is 2.07. The van der Waals surface area contributed by atoms with Crippen molar-refractivity contribution < 1.29 is 9.34 Å². The number of benzene rings is 2. The first-order chi connectivity index (χ1) is 10.1. The maximum atomic E-state index is 11.0. The molecule has 0 amide bonds. The van der Waals surface area contributed by atoms with Crippen molar-refractivity contribution in [2.75, 3.05) is 5.32 Å². The van der Waals surface area contributed by atoms with Crippen LogP contribution in [0.4, 0.5) is 17.1 Å². The quantitative estimate of drug-likeness (QED) is 0.404. The van der Waals surface area contributed by atoms with Crippen LogP contribution in [0, 0.1) is 20.6 Å². The average Bonchev–Trinajstić information content (AvgIpc) is 2.91. The number of rotatable bonds is 3. The molecule has 0 unspecified atom stereocenters. The van der Waals surface area contributed by atoms with Crippen molar-refractivity contribution in [3.63, 3.8) is 0 Å². The predicted molar refractivity (Wildman–Crippen MR) is 87.8 cm³/mol. The summed E-state index contributed by atoms with van der Waals surface area (Å²) in [6, 6.07) is 9.05. The van der Waals surface area contributed by atoms with Gasteiger partial charge in [0.05, 0.1) is 10.6 Å². The highest BCUT2D eigenvalue weighted by molar-refractivity contribution is 14.1. The third-order valence-corrected chi connectivity index (χ3v) is 3.79. The van der Waals surface area contributed by atoms with Gasteiger partial charge < -0.3 is 9.73 Å². The lowest BCUT2D eigenvalue weighted by Gasteiger charge is -2.10. The molecule has 3 rings (SSSR count). The van der Waals surface area contributed by atoms with Crippen molar-refractivity contribution in [2.24, 2.45) is 0 Å². The maximum absolute atomic E-state index is 11.0. The second kappa shape index (κ2) is 5.32. The molecule has 106 valence electrons. The van der Waals surface area contributed by atoms with Crippen molar-refractivity contribution >= 4 is 50.8 Å². The molecule has 1 heterocycles. The summed E-state index contributed by atoms with van der Waals surface area (Å²) in [5, 5.41) is 14.2. The Hall–Kier alpha value is -2.16. The standard InChI is InChI=1S/C14H10IN3O3/c1-8-6-9(15)2-3-10(8)17-11-4-5-12(18(19)20)13-14(11)21-7-16-13/h2-7,17H,1H3. The highest BCUT2D eigenvalue weighted by atomic mass is 127. The molecule has 0 saturated carbocycles. The molecule has 0 fully saturated rings. The van der Waals surface area contributed by atoms with Crippen LogP contribution in [0.3, 0.4) is 0 Å². The van der Waals surface area contributed by atoms with Gasteiger partial charge in [0, 0.05) is 15.3 Å². The van der Waals surface area contributed by atoms with E-state index in [-0.39, 0.29) is 11.2 Å². The minimum atomic E-state index is -0.467. The molecule has 0 aliphatic rings. The minimum Gasteiger partial charge on any atom is -0.441 e.